The average molecular weight is 305 g/mol. The monoisotopic (exact) mass is 305 g/mol. The van der Waals surface area contributed by atoms with Crippen LogP contribution in [0.4, 0.5) is 5.82 Å². The van der Waals surface area contributed by atoms with Crippen molar-refractivity contribution >= 4 is 23.1 Å². The molecule has 1 fully saturated rings. The summed E-state index contributed by atoms with van der Waals surface area (Å²) in [6, 6.07) is 3.83. The molecule has 2 aromatic heterocycles. The standard InChI is InChI=1S/C14H15N3O3S/c1-20-14(19)11-7-16-13(21-11)9-2-3-12(15-6-9)17-5-4-10(18)8-17/h2-3,6-7,10,18H,4-5,8H2,1H3/t10-/m0/s1. The molecule has 0 amide bonds. The van der Waals surface area contributed by atoms with Crippen LogP contribution < -0.4 is 4.90 Å². The minimum absolute atomic E-state index is 0.270. The molecule has 110 valence electrons. The predicted octanol–water partition coefficient (Wildman–Crippen LogP) is 1.56. The molecule has 0 spiro atoms. The number of ether oxygens (including phenoxy) is 1. The Hall–Kier alpha value is -1.99. The topological polar surface area (TPSA) is 75.5 Å². The van der Waals surface area contributed by atoms with Crippen molar-refractivity contribution in [3.05, 3.63) is 29.4 Å². The SMILES string of the molecule is COC(=O)c1cnc(-c2ccc(N3CC[C@H](O)C3)nc2)s1. The number of hydrogen-bond acceptors (Lipinski definition) is 7. The van der Waals surface area contributed by atoms with Crippen LogP contribution in [0.2, 0.25) is 0 Å². The summed E-state index contributed by atoms with van der Waals surface area (Å²) < 4.78 is 4.67. The van der Waals surface area contributed by atoms with E-state index < -0.39 is 0 Å². The lowest BCUT2D eigenvalue weighted by molar-refractivity contribution is 0.0606. The van der Waals surface area contributed by atoms with Gasteiger partial charge in [0.25, 0.3) is 0 Å². The third kappa shape index (κ3) is 2.88. The lowest BCUT2D eigenvalue weighted by Crippen LogP contribution is -2.21. The molecule has 3 heterocycles. The Kier molecular flexibility index (Phi) is 3.85. The molecule has 7 heteroatoms. The predicted molar refractivity (Wildman–Crippen MR) is 79.5 cm³/mol. The summed E-state index contributed by atoms with van der Waals surface area (Å²) in [7, 11) is 1.35. The number of esters is 1. The van der Waals surface area contributed by atoms with Crippen molar-refractivity contribution in [3.63, 3.8) is 0 Å². The molecule has 2 aromatic rings. The number of carbonyl (C=O) groups excluding carboxylic acids is 1. The van der Waals surface area contributed by atoms with Gasteiger partial charge in [0.2, 0.25) is 0 Å². The Morgan fingerprint density at radius 3 is 2.90 bits per heavy atom. The van der Waals surface area contributed by atoms with E-state index in [4.69, 9.17) is 0 Å². The van der Waals surface area contributed by atoms with Crippen molar-refractivity contribution in [2.24, 2.45) is 0 Å². The van der Waals surface area contributed by atoms with Crippen LogP contribution in [-0.2, 0) is 4.74 Å². The first-order chi connectivity index (χ1) is 10.2. The molecule has 21 heavy (non-hydrogen) atoms. The maximum absolute atomic E-state index is 11.4. The van der Waals surface area contributed by atoms with Crippen LogP contribution >= 0.6 is 11.3 Å². The Morgan fingerprint density at radius 1 is 1.43 bits per heavy atom. The molecule has 3 rings (SSSR count). The molecule has 1 saturated heterocycles. The van der Waals surface area contributed by atoms with Gasteiger partial charge in [0.1, 0.15) is 15.7 Å². The molecule has 6 nitrogen and oxygen atoms in total. The van der Waals surface area contributed by atoms with E-state index in [1.165, 1.54) is 24.6 Å². The van der Waals surface area contributed by atoms with Gasteiger partial charge in [-0.1, -0.05) is 0 Å². The first-order valence-corrected chi connectivity index (χ1v) is 7.42. The second kappa shape index (κ2) is 5.79. The number of thiazole rings is 1. The van der Waals surface area contributed by atoms with Gasteiger partial charge in [-0.15, -0.1) is 11.3 Å². The summed E-state index contributed by atoms with van der Waals surface area (Å²) in [4.78, 5) is 22.6. The summed E-state index contributed by atoms with van der Waals surface area (Å²) in [5, 5.41) is 10.3. The summed E-state index contributed by atoms with van der Waals surface area (Å²) in [5.41, 5.74) is 0.860. The van der Waals surface area contributed by atoms with Gasteiger partial charge in [0.05, 0.1) is 19.4 Å². The van der Waals surface area contributed by atoms with Crippen LogP contribution in [0.25, 0.3) is 10.6 Å². The Balaban J connectivity index is 1.77. The van der Waals surface area contributed by atoms with Crippen molar-refractivity contribution < 1.29 is 14.6 Å². The number of rotatable bonds is 3. The van der Waals surface area contributed by atoms with Crippen LogP contribution in [0.15, 0.2) is 24.5 Å². The zero-order valence-electron chi connectivity index (χ0n) is 11.5. The number of anilines is 1. The third-order valence-electron chi connectivity index (χ3n) is 3.37. The number of nitrogens with zero attached hydrogens (tertiary/aromatic N) is 3. The lowest BCUT2D eigenvalue weighted by atomic mass is 10.3. The number of methoxy groups -OCH3 is 1. The van der Waals surface area contributed by atoms with Crippen molar-refractivity contribution in [1.82, 2.24) is 9.97 Å². The van der Waals surface area contributed by atoms with Crippen LogP contribution in [0.1, 0.15) is 16.1 Å². The fourth-order valence-electron chi connectivity index (χ4n) is 2.25. The fraction of sp³-hybridized carbons (Fsp3) is 0.357. The Labute approximate surface area is 126 Å². The molecule has 1 aliphatic rings. The number of pyridine rings is 1. The molecule has 0 aliphatic carbocycles. The van der Waals surface area contributed by atoms with Gasteiger partial charge in [0.15, 0.2) is 0 Å². The van der Waals surface area contributed by atoms with Crippen LogP contribution in [-0.4, -0.2) is 47.3 Å². The molecular formula is C14H15N3O3S. The quantitative estimate of drug-likeness (QED) is 0.867. The van der Waals surface area contributed by atoms with Gasteiger partial charge in [0, 0.05) is 24.8 Å². The first-order valence-electron chi connectivity index (χ1n) is 6.61. The Bertz CT molecular complexity index is 641. The molecule has 1 aliphatic heterocycles. The van der Waals surface area contributed by atoms with Crippen molar-refractivity contribution in [2.75, 3.05) is 25.1 Å². The number of aliphatic hydroxyl groups is 1. The van der Waals surface area contributed by atoms with Crippen LogP contribution in [0.5, 0.6) is 0 Å². The zero-order chi connectivity index (χ0) is 14.8. The largest absolute Gasteiger partial charge is 0.465 e. The highest BCUT2D eigenvalue weighted by atomic mass is 32.1. The van der Waals surface area contributed by atoms with Crippen LogP contribution in [0, 0.1) is 0 Å². The fourth-order valence-corrected chi connectivity index (χ4v) is 3.08. The smallest absolute Gasteiger partial charge is 0.349 e. The molecule has 0 bridgehead atoms. The number of β-amino-alcohol motifs (C(OH)–C–C–N with tert-alkyl or cyclic N) is 1. The van der Waals surface area contributed by atoms with E-state index in [1.54, 1.807) is 6.20 Å². The number of aliphatic hydroxyl groups excluding tert-OH is 1. The van der Waals surface area contributed by atoms with E-state index in [0.717, 1.165) is 29.4 Å². The first kappa shape index (κ1) is 14.0. The molecular weight excluding hydrogens is 290 g/mol. The van der Waals surface area contributed by atoms with Crippen molar-refractivity contribution in [2.45, 2.75) is 12.5 Å². The molecule has 0 radical (unpaired) electrons. The summed E-state index contributed by atoms with van der Waals surface area (Å²) in [6.07, 6.45) is 3.75. The minimum atomic E-state index is -0.380. The van der Waals surface area contributed by atoms with Gasteiger partial charge < -0.3 is 14.7 Å². The molecule has 0 saturated carbocycles. The maximum Gasteiger partial charge on any atom is 0.349 e. The lowest BCUT2D eigenvalue weighted by Gasteiger charge is -2.16. The van der Waals surface area contributed by atoms with E-state index in [0.29, 0.717) is 11.4 Å². The second-order valence-corrected chi connectivity index (χ2v) is 5.85. The van der Waals surface area contributed by atoms with Gasteiger partial charge >= 0.3 is 5.97 Å². The van der Waals surface area contributed by atoms with Crippen molar-refractivity contribution in [1.29, 1.82) is 0 Å². The number of aromatic nitrogens is 2. The van der Waals surface area contributed by atoms with E-state index in [9.17, 15) is 9.90 Å². The highest BCUT2D eigenvalue weighted by Crippen LogP contribution is 2.27. The summed E-state index contributed by atoms with van der Waals surface area (Å²) in [5.74, 6) is 0.467. The maximum atomic E-state index is 11.4. The Morgan fingerprint density at radius 2 is 2.29 bits per heavy atom. The highest BCUT2D eigenvalue weighted by molar-refractivity contribution is 7.16. The minimum Gasteiger partial charge on any atom is -0.465 e. The summed E-state index contributed by atoms with van der Waals surface area (Å²) in [6.45, 7) is 1.44. The van der Waals surface area contributed by atoms with E-state index in [1.807, 2.05) is 12.1 Å². The number of carbonyl (C=O) groups is 1. The van der Waals surface area contributed by atoms with Gasteiger partial charge in [-0.2, -0.15) is 0 Å². The van der Waals surface area contributed by atoms with Gasteiger partial charge in [-0.25, -0.2) is 14.8 Å². The average Bonchev–Trinajstić information content (AvgIpc) is 3.16. The highest BCUT2D eigenvalue weighted by Gasteiger charge is 2.21. The molecule has 0 unspecified atom stereocenters. The van der Waals surface area contributed by atoms with Crippen LogP contribution in [0.3, 0.4) is 0 Å². The van der Waals surface area contributed by atoms with E-state index in [2.05, 4.69) is 19.6 Å². The zero-order valence-corrected chi connectivity index (χ0v) is 12.3. The second-order valence-electron chi connectivity index (χ2n) is 4.81. The molecule has 1 atom stereocenters. The molecule has 1 N–H and O–H groups in total. The van der Waals surface area contributed by atoms with Gasteiger partial charge in [-0.3, -0.25) is 0 Å². The summed E-state index contributed by atoms with van der Waals surface area (Å²) >= 11 is 1.28. The van der Waals surface area contributed by atoms with E-state index >= 15 is 0 Å². The van der Waals surface area contributed by atoms with Gasteiger partial charge in [-0.05, 0) is 18.6 Å². The third-order valence-corrected chi connectivity index (χ3v) is 4.40. The van der Waals surface area contributed by atoms with E-state index in [-0.39, 0.29) is 12.1 Å². The van der Waals surface area contributed by atoms with Crippen molar-refractivity contribution in [3.8, 4) is 10.6 Å². The normalized spacial score (nSPS) is 18.0. The number of hydrogen-bond donors (Lipinski definition) is 1. The molecule has 0 aromatic carbocycles.